The van der Waals surface area contributed by atoms with Gasteiger partial charge in [0.25, 0.3) is 0 Å². The first-order chi connectivity index (χ1) is 11.1. The number of thiazole rings is 1. The molecule has 1 aromatic heterocycles. The molecule has 2 N–H and O–H groups in total. The largest absolute Gasteiger partial charge is 0.388 e. The fraction of sp³-hybridized carbons (Fsp3) is 0.278. The lowest BCUT2D eigenvalue weighted by molar-refractivity contribution is 0.154. The zero-order valence-electron chi connectivity index (χ0n) is 13.4. The van der Waals surface area contributed by atoms with E-state index in [1.165, 1.54) is 4.70 Å². The SMILES string of the molecule is CN(C)CCC(O)c1ccc(Nc2nc3ccccc3s2)cc1. The van der Waals surface area contributed by atoms with Crippen molar-refractivity contribution in [2.24, 2.45) is 0 Å². The number of benzene rings is 2. The summed E-state index contributed by atoms with van der Waals surface area (Å²) in [5.41, 5.74) is 2.94. The van der Waals surface area contributed by atoms with Gasteiger partial charge in [0.15, 0.2) is 5.13 Å². The van der Waals surface area contributed by atoms with Crippen molar-refractivity contribution in [3.05, 3.63) is 54.1 Å². The van der Waals surface area contributed by atoms with Crippen molar-refractivity contribution in [2.45, 2.75) is 12.5 Å². The number of rotatable bonds is 6. The molecule has 120 valence electrons. The Bertz CT molecular complexity index is 734. The Hall–Kier alpha value is -1.95. The van der Waals surface area contributed by atoms with Crippen molar-refractivity contribution in [3.8, 4) is 0 Å². The van der Waals surface area contributed by atoms with Gasteiger partial charge in [-0.05, 0) is 50.3 Å². The normalized spacial score (nSPS) is 12.7. The van der Waals surface area contributed by atoms with Gasteiger partial charge in [0, 0.05) is 12.2 Å². The van der Waals surface area contributed by atoms with Crippen LogP contribution in [0.15, 0.2) is 48.5 Å². The number of fused-ring (bicyclic) bond motifs is 1. The molecule has 0 saturated heterocycles. The van der Waals surface area contributed by atoms with E-state index < -0.39 is 6.10 Å². The maximum absolute atomic E-state index is 10.2. The monoisotopic (exact) mass is 327 g/mol. The average Bonchev–Trinajstić information content (AvgIpc) is 2.95. The summed E-state index contributed by atoms with van der Waals surface area (Å²) in [6, 6.07) is 16.0. The molecule has 0 bridgehead atoms. The number of aliphatic hydroxyl groups is 1. The van der Waals surface area contributed by atoms with E-state index in [0.717, 1.165) is 34.9 Å². The molecule has 0 aliphatic carbocycles. The number of aliphatic hydroxyl groups excluding tert-OH is 1. The van der Waals surface area contributed by atoms with E-state index in [2.05, 4.69) is 21.3 Å². The summed E-state index contributed by atoms with van der Waals surface area (Å²) in [4.78, 5) is 6.64. The first kappa shape index (κ1) is 15.9. The summed E-state index contributed by atoms with van der Waals surface area (Å²) < 4.78 is 1.17. The van der Waals surface area contributed by atoms with Crippen LogP contribution < -0.4 is 5.32 Å². The molecule has 2 aromatic carbocycles. The third-order valence-corrected chi connectivity index (χ3v) is 4.64. The number of nitrogens with zero attached hydrogens (tertiary/aromatic N) is 2. The minimum atomic E-state index is -0.422. The van der Waals surface area contributed by atoms with E-state index in [1.807, 2.05) is 56.6 Å². The van der Waals surface area contributed by atoms with Gasteiger partial charge in [-0.3, -0.25) is 0 Å². The molecule has 0 saturated carbocycles. The lowest BCUT2D eigenvalue weighted by atomic mass is 10.1. The van der Waals surface area contributed by atoms with Gasteiger partial charge in [0.1, 0.15) is 0 Å². The number of anilines is 2. The second kappa shape index (κ2) is 7.08. The summed E-state index contributed by atoms with van der Waals surface area (Å²) in [6.45, 7) is 0.868. The van der Waals surface area contributed by atoms with Gasteiger partial charge >= 0.3 is 0 Å². The maximum Gasteiger partial charge on any atom is 0.188 e. The summed E-state index contributed by atoms with van der Waals surface area (Å²) in [6.07, 6.45) is 0.311. The van der Waals surface area contributed by atoms with Gasteiger partial charge in [-0.1, -0.05) is 35.6 Å². The third-order valence-electron chi connectivity index (χ3n) is 3.69. The molecule has 0 amide bonds. The molecule has 0 aliphatic heterocycles. The van der Waals surface area contributed by atoms with E-state index >= 15 is 0 Å². The van der Waals surface area contributed by atoms with E-state index in [0.29, 0.717) is 0 Å². The van der Waals surface area contributed by atoms with Crippen molar-refractivity contribution in [1.29, 1.82) is 0 Å². The van der Waals surface area contributed by atoms with Crippen LogP contribution in [-0.2, 0) is 0 Å². The number of para-hydroxylation sites is 1. The molecule has 1 heterocycles. The Kier molecular flexibility index (Phi) is 4.91. The number of aromatic nitrogens is 1. The average molecular weight is 327 g/mol. The summed E-state index contributed by atoms with van der Waals surface area (Å²) in [7, 11) is 4.02. The Morgan fingerprint density at radius 1 is 1.13 bits per heavy atom. The number of hydrogen-bond donors (Lipinski definition) is 2. The fourth-order valence-electron chi connectivity index (χ4n) is 2.38. The molecule has 3 rings (SSSR count). The molecule has 0 fully saturated rings. The molecule has 4 nitrogen and oxygen atoms in total. The Morgan fingerprint density at radius 3 is 2.57 bits per heavy atom. The van der Waals surface area contributed by atoms with E-state index in [4.69, 9.17) is 0 Å². The van der Waals surface area contributed by atoms with Gasteiger partial charge in [0.05, 0.1) is 16.3 Å². The molecule has 0 radical (unpaired) electrons. The van der Waals surface area contributed by atoms with E-state index in [9.17, 15) is 5.11 Å². The highest BCUT2D eigenvalue weighted by molar-refractivity contribution is 7.22. The van der Waals surface area contributed by atoms with Crippen LogP contribution in [0.2, 0.25) is 0 Å². The molecular formula is C18H21N3OS. The molecular weight excluding hydrogens is 306 g/mol. The van der Waals surface area contributed by atoms with Gasteiger partial charge in [-0.15, -0.1) is 0 Å². The van der Waals surface area contributed by atoms with Crippen molar-refractivity contribution >= 4 is 32.4 Å². The van der Waals surface area contributed by atoms with Crippen molar-refractivity contribution in [2.75, 3.05) is 26.0 Å². The van der Waals surface area contributed by atoms with Crippen LogP contribution in [0.3, 0.4) is 0 Å². The van der Waals surface area contributed by atoms with Crippen molar-refractivity contribution in [3.63, 3.8) is 0 Å². The maximum atomic E-state index is 10.2. The smallest absolute Gasteiger partial charge is 0.188 e. The highest BCUT2D eigenvalue weighted by Crippen LogP contribution is 2.28. The minimum absolute atomic E-state index is 0.422. The summed E-state index contributed by atoms with van der Waals surface area (Å²) in [5.74, 6) is 0. The Labute approximate surface area is 140 Å². The predicted molar refractivity (Wildman–Crippen MR) is 97.5 cm³/mol. The molecule has 0 spiro atoms. The molecule has 0 aliphatic rings. The van der Waals surface area contributed by atoms with Crippen LogP contribution in [-0.4, -0.2) is 35.6 Å². The first-order valence-electron chi connectivity index (χ1n) is 7.67. The summed E-state index contributed by atoms with van der Waals surface area (Å²) in [5, 5.41) is 14.4. The first-order valence-corrected chi connectivity index (χ1v) is 8.49. The second-order valence-corrected chi connectivity index (χ2v) is 6.87. The highest BCUT2D eigenvalue weighted by Gasteiger charge is 2.08. The zero-order chi connectivity index (χ0) is 16.2. The van der Waals surface area contributed by atoms with E-state index in [-0.39, 0.29) is 0 Å². The lowest BCUT2D eigenvalue weighted by Gasteiger charge is -2.15. The number of nitrogens with one attached hydrogen (secondary N) is 1. The van der Waals surface area contributed by atoms with Gasteiger partial charge in [-0.25, -0.2) is 4.98 Å². The molecule has 1 atom stereocenters. The van der Waals surface area contributed by atoms with Crippen LogP contribution in [0, 0.1) is 0 Å². The van der Waals surface area contributed by atoms with E-state index in [1.54, 1.807) is 11.3 Å². The van der Waals surface area contributed by atoms with Crippen molar-refractivity contribution < 1.29 is 5.11 Å². The number of hydrogen-bond acceptors (Lipinski definition) is 5. The molecule has 5 heteroatoms. The van der Waals surface area contributed by atoms with Gasteiger partial charge < -0.3 is 15.3 Å². The van der Waals surface area contributed by atoms with Crippen LogP contribution in [0.1, 0.15) is 18.1 Å². The third kappa shape index (κ3) is 4.07. The summed E-state index contributed by atoms with van der Waals surface area (Å²) >= 11 is 1.64. The van der Waals surface area contributed by atoms with Crippen LogP contribution in [0.4, 0.5) is 10.8 Å². The minimum Gasteiger partial charge on any atom is -0.388 e. The second-order valence-electron chi connectivity index (χ2n) is 5.84. The van der Waals surface area contributed by atoms with Crippen LogP contribution in [0.5, 0.6) is 0 Å². The van der Waals surface area contributed by atoms with Gasteiger partial charge in [-0.2, -0.15) is 0 Å². The molecule has 3 aromatic rings. The van der Waals surface area contributed by atoms with Crippen molar-refractivity contribution in [1.82, 2.24) is 9.88 Å². The zero-order valence-corrected chi connectivity index (χ0v) is 14.2. The Morgan fingerprint density at radius 2 is 1.87 bits per heavy atom. The quantitative estimate of drug-likeness (QED) is 0.718. The van der Waals surface area contributed by atoms with Crippen LogP contribution >= 0.6 is 11.3 Å². The van der Waals surface area contributed by atoms with Gasteiger partial charge in [0.2, 0.25) is 0 Å². The molecule has 1 unspecified atom stereocenters. The standard InChI is InChI=1S/C18H21N3OS/c1-21(2)12-11-16(22)13-7-9-14(10-8-13)19-18-20-15-5-3-4-6-17(15)23-18/h3-10,16,22H,11-12H2,1-2H3,(H,19,20). The topological polar surface area (TPSA) is 48.4 Å². The predicted octanol–water partition coefficient (Wildman–Crippen LogP) is 4.03. The van der Waals surface area contributed by atoms with Crippen LogP contribution in [0.25, 0.3) is 10.2 Å². The molecule has 23 heavy (non-hydrogen) atoms. The highest BCUT2D eigenvalue weighted by atomic mass is 32.1. The fourth-order valence-corrected chi connectivity index (χ4v) is 3.27. The Balaban J connectivity index is 1.67. The lowest BCUT2D eigenvalue weighted by Crippen LogP contribution is -2.15.